The summed E-state index contributed by atoms with van der Waals surface area (Å²) in [6.07, 6.45) is -3.31. The molecule has 2 aromatic carbocycles. The molecule has 2 heterocycles. The predicted molar refractivity (Wildman–Crippen MR) is 111 cm³/mol. The number of fused-ring (bicyclic) bond motifs is 1. The zero-order valence-electron chi connectivity index (χ0n) is 17.2. The Balaban J connectivity index is 1.75. The topological polar surface area (TPSA) is 86.2 Å². The number of halogens is 3. The molecule has 170 valence electrons. The minimum absolute atomic E-state index is 0.0477. The Bertz CT molecular complexity index is 1330. The van der Waals surface area contributed by atoms with E-state index in [9.17, 15) is 18.0 Å². The van der Waals surface area contributed by atoms with E-state index in [1.54, 1.807) is 36.4 Å². The third-order valence-corrected chi connectivity index (χ3v) is 4.51. The van der Waals surface area contributed by atoms with Gasteiger partial charge in [-0.1, -0.05) is 12.1 Å². The fraction of sp³-hybridized carbons (Fsp3) is 0.130. The maximum absolute atomic E-state index is 12.9. The van der Waals surface area contributed by atoms with Gasteiger partial charge in [0, 0.05) is 5.39 Å². The summed E-state index contributed by atoms with van der Waals surface area (Å²) in [7, 11) is 1.48. The number of hydrogen-bond donors (Lipinski definition) is 1. The van der Waals surface area contributed by atoms with Gasteiger partial charge in [0.25, 0.3) is 5.91 Å². The molecule has 33 heavy (non-hydrogen) atoms. The van der Waals surface area contributed by atoms with Gasteiger partial charge in [-0.25, -0.2) is 4.99 Å². The van der Waals surface area contributed by atoms with Gasteiger partial charge in [0.15, 0.2) is 11.3 Å². The SMILES string of the molecule is COc1cccc2cc(C(=O)NCc3ccco3)c(=Nc3ccc(OC(F)(F)F)cc3)oc12. The average molecular weight is 458 g/mol. The van der Waals surface area contributed by atoms with Crippen molar-refractivity contribution in [3.63, 3.8) is 0 Å². The third kappa shape index (κ3) is 5.35. The summed E-state index contributed by atoms with van der Waals surface area (Å²) in [6.45, 7) is 0.144. The first-order valence-corrected chi connectivity index (χ1v) is 9.64. The number of nitrogens with one attached hydrogen (secondary N) is 1. The molecule has 0 unspecified atom stereocenters. The van der Waals surface area contributed by atoms with Gasteiger partial charge < -0.3 is 23.6 Å². The number of carbonyl (C=O) groups excluding carboxylic acids is 1. The van der Waals surface area contributed by atoms with Crippen molar-refractivity contribution in [3.8, 4) is 11.5 Å². The third-order valence-electron chi connectivity index (χ3n) is 4.51. The minimum Gasteiger partial charge on any atom is -0.493 e. The second-order valence-corrected chi connectivity index (χ2v) is 6.76. The van der Waals surface area contributed by atoms with Crippen molar-refractivity contribution in [2.45, 2.75) is 12.9 Å². The highest BCUT2D eigenvalue weighted by atomic mass is 19.4. The first-order valence-electron chi connectivity index (χ1n) is 9.64. The van der Waals surface area contributed by atoms with E-state index in [2.05, 4.69) is 15.0 Å². The number of benzene rings is 2. The van der Waals surface area contributed by atoms with Crippen LogP contribution in [-0.2, 0) is 6.54 Å². The summed E-state index contributed by atoms with van der Waals surface area (Å²) >= 11 is 0. The van der Waals surface area contributed by atoms with Crippen LogP contribution >= 0.6 is 0 Å². The highest BCUT2D eigenvalue weighted by Gasteiger charge is 2.31. The number of rotatable bonds is 6. The highest BCUT2D eigenvalue weighted by Crippen LogP contribution is 2.26. The van der Waals surface area contributed by atoms with Gasteiger partial charge >= 0.3 is 6.36 Å². The Kier molecular flexibility index (Phi) is 6.07. The lowest BCUT2D eigenvalue weighted by atomic mass is 10.1. The van der Waals surface area contributed by atoms with Crippen LogP contribution in [-0.4, -0.2) is 19.4 Å². The maximum atomic E-state index is 12.9. The van der Waals surface area contributed by atoms with Crippen LogP contribution in [0.2, 0.25) is 0 Å². The van der Waals surface area contributed by atoms with Crippen LogP contribution in [0.1, 0.15) is 16.1 Å². The molecule has 10 heteroatoms. The van der Waals surface area contributed by atoms with E-state index in [-0.39, 0.29) is 23.3 Å². The van der Waals surface area contributed by atoms with Gasteiger partial charge in [0.2, 0.25) is 5.55 Å². The highest BCUT2D eigenvalue weighted by molar-refractivity contribution is 5.97. The molecule has 0 spiro atoms. The summed E-state index contributed by atoms with van der Waals surface area (Å²) in [5, 5.41) is 3.33. The van der Waals surface area contributed by atoms with Gasteiger partial charge in [0.05, 0.1) is 25.6 Å². The molecule has 0 atom stereocenters. The van der Waals surface area contributed by atoms with E-state index in [1.165, 1.54) is 25.5 Å². The molecule has 0 aliphatic heterocycles. The van der Waals surface area contributed by atoms with Crippen LogP contribution in [0.3, 0.4) is 0 Å². The standard InChI is InChI=1S/C23H17F3N2O5/c1-30-19-6-2-4-14-12-18(21(29)27-13-17-5-3-11-31-17)22(32-20(14)19)28-15-7-9-16(10-8-15)33-23(24,25)26/h2-12H,13H2,1H3,(H,27,29). The first kappa shape index (κ1) is 22.0. The molecule has 7 nitrogen and oxygen atoms in total. The van der Waals surface area contributed by atoms with E-state index in [4.69, 9.17) is 13.6 Å². The molecule has 1 amide bonds. The summed E-state index contributed by atoms with van der Waals surface area (Å²) in [4.78, 5) is 17.2. The summed E-state index contributed by atoms with van der Waals surface area (Å²) in [6, 6.07) is 15.1. The molecule has 4 aromatic rings. The van der Waals surface area contributed by atoms with Gasteiger partial charge in [-0.15, -0.1) is 13.2 Å². The minimum atomic E-state index is -4.80. The Hall–Kier alpha value is -4.21. The van der Waals surface area contributed by atoms with Crippen LogP contribution in [0.15, 0.2) is 80.8 Å². The molecule has 0 saturated heterocycles. The van der Waals surface area contributed by atoms with Gasteiger partial charge in [-0.3, -0.25) is 4.79 Å². The van der Waals surface area contributed by atoms with Crippen molar-refractivity contribution in [2.75, 3.05) is 7.11 Å². The Labute approximate surface area is 185 Å². The van der Waals surface area contributed by atoms with E-state index in [0.29, 0.717) is 22.5 Å². The van der Waals surface area contributed by atoms with Gasteiger partial charge in [-0.2, -0.15) is 0 Å². The fourth-order valence-electron chi connectivity index (χ4n) is 3.05. The van der Waals surface area contributed by atoms with Crippen LogP contribution in [0.4, 0.5) is 18.9 Å². The molecule has 0 aliphatic carbocycles. The number of amides is 1. The molecular formula is C23H17F3N2O5. The molecule has 0 aliphatic rings. The Morgan fingerprint density at radius 2 is 1.88 bits per heavy atom. The lowest BCUT2D eigenvalue weighted by Gasteiger charge is -2.09. The number of para-hydroxylation sites is 1. The number of hydrogen-bond acceptors (Lipinski definition) is 6. The molecule has 1 N–H and O–H groups in total. The zero-order valence-corrected chi connectivity index (χ0v) is 17.2. The summed E-state index contributed by atoms with van der Waals surface area (Å²) < 4.78 is 57.5. The number of methoxy groups -OCH3 is 1. The predicted octanol–water partition coefficient (Wildman–Crippen LogP) is 5.10. The molecule has 4 rings (SSSR count). The van der Waals surface area contributed by atoms with Crippen molar-refractivity contribution in [2.24, 2.45) is 4.99 Å². The number of alkyl halides is 3. The van der Waals surface area contributed by atoms with Gasteiger partial charge in [0.1, 0.15) is 17.1 Å². The monoisotopic (exact) mass is 458 g/mol. The van der Waals surface area contributed by atoms with Crippen LogP contribution in [0.5, 0.6) is 11.5 Å². The smallest absolute Gasteiger partial charge is 0.493 e. The molecule has 2 aromatic heterocycles. The Morgan fingerprint density at radius 1 is 1.09 bits per heavy atom. The second kappa shape index (κ2) is 9.11. The maximum Gasteiger partial charge on any atom is 0.573 e. The number of ether oxygens (including phenoxy) is 2. The van der Waals surface area contributed by atoms with Crippen LogP contribution in [0, 0.1) is 0 Å². The van der Waals surface area contributed by atoms with Gasteiger partial charge in [-0.05, 0) is 48.5 Å². The average Bonchev–Trinajstić information content (AvgIpc) is 3.30. The van der Waals surface area contributed by atoms with Crippen LogP contribution < -0.4 is 20.3 Å². The normalized spacial score (nSPS) is 12.1. The first-order chi connectivity index (χ1) is 15.8. The summed E-state index contributed by atoms with van der Waals surface area (Å²) in [5.74, 6) is 0.118. The van der Waals surface area contributed by atoms with E-state index in [1.807, 2.05) is 0 Å². The van der Waals surface area contributed by atoms with E-state index < -0.39 is 18.0 Å². The van der Waals surface area contributed by atoms with Crippen molar-refractivity contribution in [1.82, 2.24) is 5.32 Å². The quantitative estimate of drug-likeness (QED) is 0.435. The largest absolute Gasteiger partial charge is 0.573 e. The fourth-order valence-corrected chi connectivity index (χ4v) is 3.05. The van der Waals surface area contributed by atoms with Crippen molar-refractivity contribution < 1.29 is 36.3 Å². The lowest BCUT2D eigenvalue weighted by molar-refractivity contribution is -0.274. The van der Waals surface area contributed by atoms with Crippen molar-refractivity contribution in [1.29, 1.82) is 0 Å². The van der Waals surface area contributed by atoms with Crippen molar-refractivity contribution >= 4 is 22.6 Å². The molecule has 0 saturated carbocycles. The van der Waals surface area contributed by atoms with E-state index in [0.717, 1.165) is 12.1 Å². The molecule has 0 bridgehead atoms. The van der Waals surface area contributed by atoms with E-state index >= 15 is 0 Å². The Morgan fingerprint density at radius 3 is 2.55 bits per heavy atom. The van der Waals surface area contributed by atoms with Crippen molar-refractivity contribution in [3.05, 3.63) is 83.8 Å². The number of furan rings is 1. The molecular weight excluding hydrogens is 441 g/mol. The lowest BCUT2D eigenvalue weighted by Crippen LogP contribution is -2.28. The number of nitrogens with zero attached hydrogens (tertiary/aromatic N) is 1. The number of carbonyl (C=O) groups is 1. The zero-order chi connectivity index (χ0) is 23.4. The molecule has 0 fully saturated rings. The summed E-state index contributed by atoms with van der Waals surface area (Å²) in [5.41, 5.74) is 0.687. The second-order valence-electron chi connectivity index (χ2n) is 6.76. The van der Waals surface area contributed by atoms with Crippen LogP contribution in [0.25, 0.3) is 11.0 Å². The molecule has 0 radical (unpaired) electrons.